The highest BCUT2D eigenvalue weighted by molar-refractivity contribution is 6.15. The first kappa shape index (κ1) is 23.0. The molecule has 0 atom stereocenters. The van der Waals surface area contributed by atoms with Gasteiger partial charge in [-0.25, -0.2) is 0 Å². The highest BCUT2D eigenvalue weighted by atomic mass is 16.1. The van der Waals surface area contributed by atoms with Gasteiger partial charge in [0.2, 0.25) is 0 Å². The molecule has 0 radical (unpaired) electrons. The second-order valence-electron chi connectivity index (χ2n) is 9.72. The predicted octanol–water partition coefficient (Wildman–Crippen LogP) is 6.50. The zero-order valence-corrected chi connectivity index (χ0v) is 20.5. The summed E-state index contributed by atoms with van der Waals surface area (Å²) in [5.41, 5.74) is 12.5. The van der Waals surface area contributed by atoms with Crippen molar-refractivity contribution in [3.8, 4) is 16.8 Å². The number of para-hydroxylation sites is 1. The molecule has 1 aliphatic rings. The first-order valence-corrected chi connectivity index (χ1v) is 12.8. The largest absolute Gasteiger partial charge is 0.382 e. The Bertz CT molecular complexity index is 1630. The van der Waals surface area contributed by atoms with Crippen LogP contribution in [0.5, 0.6) is 0 Å². The van der Waals surface area contributed by atoms with Crippen molar-refractivity contribution in [3.63, 3.8) is 0 Å². The molecule has 0 spiro atoms. The van der Waals surface area contributed by atoms with E-state index >= 15 is 0 Å². The van der Waals surface area contributed by atoms with Crippen LogP contribution in [0.4, 0.5) is 5.69 Å². The molecule has 3 N–H and O–H groups in total. The summed E-state index contributed by atoms with van der Waals surface area (Å²) in [5.74, 6) is -0.430. The number of fused-ring (bicyclic) bond motifs is 3. The molecular formula is C31H28N4O2. The number of nitrogens with zero attached hydrogens (tertiary/aromatic N) is 2. The number of primary amides is 1. The van der Waals surface area contributed by atoms with Crippen LogP contribution < -0.4 is 11.1 Å². The normalized spacial score (nSPS) is 14.2. The van der Waals surface area contributed by atoms with Gasteiger partial charge in [0.15, 0.2) is 6.29 Å². The Hall–Kier alpha value is -4.45. The minimum Gasteiger partial charge on any atom is -0.382 e. The summed E-state index contributed by atoms with van der Waals surface area (Å²) >= 11 is 0. The highest BCUT2D eigenvalue weighted by Gasteiger charge is 2.20. The van der Waals surface area contributed by atoms with Gasteiger partial charge in [-0.1, -0.05) is 55.7 Å². The molecular weight excluding hydrogens is 460 g/mol. The van der Waals surface area contributed by atoms with Gasteiger partial charge in [-0.15, -0.1) is 0 Å². The molecule has 5 aromatic rings. The number of hydrogen-bond donors (Lipinski definition) is 2. The van der Waals surface area contributed by atoms with Gasteiger partial charge in [0.1, 0.15) is 5.69 Å². The van der Waals surface area contributed by atoms with Crippen LogP contribution in [0.1, 0.15) is 53.0 Å². The molecule has 2 aromatic heterocycles. The third-order valence-electron chi connectivity index (χ3n) is 7.41. The maximum Gasteiger partial charge on any atom is 0.250 e. The van der Waals surface area contributed by atoms with Gasteiger partial charge < -0.3 is 15.6 Å². The molecule has 3 aromatic carbocycles. The fourth-order valence-electron chi connectivity index (χ4n) is 5.64. The standard InChI is InChI=1S/C31H28N4O2/c32-31(37)25-16-15-23(17-27(25)34-21-7-2-1-3-8-21)35-28-11-5-4-9-26(28)30-24(10-6-12-29(30)35)20-13-14-22(19-36)33-18-20/h4-6,9-19,21,34H,1-3,7-8H2,(H2,32,37). The van der Waals surface area contributed by atoms with Gasteiger partial charge >= 0.3 is 0 Å². The van der Waals surface area contributed by atoms with E-state index in [9.17, 15) is 9.59 Å². The quantitative estimate of drug-likeness (QED) is 0.267. The lowest BCUT2D eigenvalue weighted by Gasteiger charge is -2.25. The number of hydrogen-bond acceptors (Lipinski definition) is 4. The molecule has 1 aliphatic carbocycles. The van der Waals surface area contributed by atoms with Crippen molar-refractivity contribution >= 4 is 39.7 Å². The predicted molar refractivity (Wildman–Crippen MR) is 148 cm³/mol. The van der Waals surface area contributed by atoms with E-state index in [2.05, 4.69) is 39.1 Å². The molecule has 6 rings (SSSR count). The molecule has 0 unspecified atom stereocenters. The molecule has 0 saturated heterocycles. The number of anilines is 1. The van der Waals surface area contributed by atoms with E-state index in [4.69, 9.17) is 5.73 Å². The number of nitrogens with two attached hydrogens (primary N) is 1. The first-order chi connectivity index (χ1) is 18.1. The Morgan fingerprint density at radius 2 is 1.76 bits per heavy atom. The summed E-state index contributed by atoms with van der Waals surface area (Å²) in [5, 5.41) is 5.86. The monoisotopic (exact) mass is 488 g/mol. The van der Waals surface area contributed by atoms with Crippen molar-refractivity contribution in [1.82, 2.24) is 9.55 Å². The minimum absolute atomic E-state index is 0.341. The number of amides is 1. The van der Waals surface area contributed by atoms with Crippen molar-refractivity contribution in [2.45, 2.75) is 38.1 Å². The van der Waals surface area contributed by atoms with Crippen molar-refractivity contribution in [3.05, 3.63) is 90.3 Å². The van der Waals surface area contributed by atoms with Crippen molar-refractivity contribution in [2.24, 2.45) is 5.73 Å². The Morgan fingerprint density at radius 3 is 2.51 bits per heavy atom. The number of aldehydes is 1. The van der Waals surface area contributed by atoms with Crippen molar-refractivity contribution < 1.29 is 9.59 Å². The van der Waals surface area contributed by atoms with Crippen molar-refractivity contribution in [1.29, 1.82) is 0 Å². The molecule has 0 aliphatic heterocycles. The Morgan fingerprint density at radius 1 is 0.946 bits per heavy atom. The van der Waals surface area contributed by atoms with Crippen LogP contribution in [0.2, 0.25) is 0 Å². The lowest BCUT2D eigenvalue weighted by atomic mass is 9.95. The lowest BCUT2D eigenvalue weighted by Crippen LogP contribution is -2.24. The Balaban J connectivity index is 1.55. The number of carbonyl (C=O) groups is 2. The molecule has 1 saturated carbocycles. The van der Waals surface area contributed by atoms with E-state index in [0.29, 0.717) is 17.3 Å². The van der Waals surface area contributed by atoms with Crippen molar-refractivity contribution in [2.75, 3.05) is 5.32 Å². The van der Waals surface area contributed by atoms with Gasteiger partial charge in [-0.3, -0.25) is 14.6 Å². The van der Waals surface area contributed by atoms with Crippen LogP contribution in [-0.2, 0) is 0 Å². The Labute approximate surface area is 215 Å². The number of rotatable bonds is 6. The smallest absolute Gasteiger partial charge is 0.250 e. The van der Waals surface area contributed by atoms with Gasteiger partial charge in [0.25, 0.3) is 5.91 Å². The van der Waals surface area contributed by atoms with E-state index in [-0.39, 0.29) is 0 Å². The summed E-state index contributed by atoms with van der Waals surface area (Å²) in [6.07, 6.45) is 8.35. The maximum absolute atomic E-state index is 12.3. The van der Waals surface area contributed by atoms with Crippen LogP contribution in [0.3, 0.4) is 0 Å². The summed E-state index contributed by atoms with van der Waals surface area (Å²) in [6, 6.07) is 24.4. The molecule has 184 valence electrons. The number of nitrogens with one attached hydrogen (secondary N) is 1. The number of aromatic nitrogens is 2. The summed E-state index contributed by atoms with van der Waals surface area (Å²) in [4.78, 5) is 27.7. The van der Waals surface area contributed by atoms with Gasteiger partial charge in [0, 0.05) is 39.9 Å². The second-order valence-corrected chi connectivity index (χ2v) is 9.72. The van der Waals surface area contributed by atoms with E-state index in [0.717, 1.165) is 63.4 Å². The molecule has 0 bridgehead atoms. The summed E-state index contributed by atoms with van der Waals surface area (Å²) < 4.78 is 2.23. The third kappa shape index (κ3) is 4.14. The molecule has 1 fully saturated rings. The average molecular weight is 489 g/mol. The maximum atomic E-state index is 12.3. The van der Waals surface area contributed by atoms with Crippen LogP contribution in [-0.4, -0.2) is 27.8 Å². The van der Waals surface area contributed by atoms with Crippen LogP contribution in [0.15, 0.2) is 79.0 Å². The molecule has 2 heterocycles. The van der Waals surface area contributed by atoms with Crippen LogP contribution in [0, 0.1) is 0 Å². The first-order valence-electron chi connectivity index (χ1n) is 12.8. The highest BCUT2D eigenvalue weighted by Crippen LogP contribution is 2.39. The molecule has 6 heteroatoms. The number of carbonyl (C=O) groups excluding carboxylic acids is 2. The molecule has 1 amide bonds. The SMILES string of the molecule is NC(=O)c1ccc(-n2c3ccccc3c3c(-c4ccc(C=O)nc4)cccc32)cc1NC1CCCCC1. The topological polar surface area (TPSA) is 90.0 Å². The van der Waals surface area contributed by atoms with E-state index in [1.54, 1.807) is 12.3 Å². The third-order valence-corrected chi connectivity index (χ3v) is 7.41. The summed E-state index contributed by atoms with van der Waals surface area (Å²) in [7, 11) is 0. The average Bonchev–Trinajstić information content (AvgIpc) is 3.28. The van der Waals surface area contributed by atoms with Crippen LogP contribution >= 0.6 is 0 Å². The van der Waals surface area contributed by atoms with Gasteiger partial charge in [0.05, 0.1) is 16.6 Å². The minimum atomic E-state index is -0.430. The van der Waals surface area contributed by atoms with Gasteiger partial charge in [-0.2, -0.15) is 0 Å². The molecule has 37 heavy (non-hydrogen) atoms. The van der Waals surface area contributed by atoms with E-state index < -0.39 is 5.91 Å². The Kier molecular flexibility index (Phi) is 5.93. The zero-order valence-electron chi connectivity index (χ0n) is 20.5. The van der Waals surface area contributed by atoms with Crippen LogP contribution in [0.25, 0.3) is 38.6 Å². The lowest BCUT2D eigenvalue weighted by molar-refractivity contribution is 0.100. The fraction of sp³-hybridized carbons (Fsp3) is 0.194. The number of benzene rings is 3. The van der Waals surface area contributed by atoms with E-state index in [1.807, 2.05) is 42.5 Å². The number of pyridine rings is 1. The zero-order chi connectivity index (χ0) is 25.4. The van der Waals surface area contributed by atoms with Gasteiger partial charge in [-0.05, 0) is 54.8 Å². The fourth-order valence-corrected chi connectivity index (χ4v) is 5.64. The molecule has 6 nitrogen and oxygen atoms in total. The van der Waals surface area contributed by atoms with E-state index in [1.165, 1.54) is 19.3 Å². The summed E-state index contributed by atoms with van der Waals surface area (Å²) in [6.45, 7) is 0. The second kappa shape index (κ2) is 9.54.